The predicted molar refractivity (Wildman–Crippen MR) is 80.4 cm³/mol. The molecule has 124 valence electrons. The Morgan fingerprint density at radius 2 is 1.59 bits per heavy atom. The molecule has 0 spiro atoms. The fraction of sp³-hybridized carbons (Fsp3) is 0.625. The monoisotopic (exact) mass is 312 g/mol. The third-order valence-electron chi connectivity index (χ3n) is 3.22. The summed E-state index contributed by atoms with van der Waals surface area (Å²) in [4.78, 5) is 0. The molecular formula is C16H24O6. The first-order chi connectivity index (χ1) is 10.8. The number of hydrogen-bond donors (Lipinski definition) is 1. The van der Waals surface area contributed by atoms with E-state index in [0.29, 0.717) is 50.1 Å². The van der Waals surface area contributed by atoms with Crippen LogP contribution >= 0.6 is 0 Å². The molecule has 0 fully saturated rings. The van der Waals surface area contributed by atoms with Crippen LogP contribution in [0.5, 0.6) is 17.2 Å². The molecule has 0 aromatic heterocycles. The molecule has 0 unspecified atom stereocenters. The fourth-order valence-electron chi connectivity index (χ4n) is 1.96. The molecule has 1 aliphatic heterocycles. The molecule has 0 amide bonds. The van der Waals surface area contributed by atoms with Gasteiger partial charge >= 0.3 is 0 Å². The summed E-state index contributed by atoms with van der Waals surface area (Å²) in [5, 5.41) is 9.85. The van der Waals surface area contributed by atoms with Crippen molar-refractivity contribution in [3.63, 3.8) is 0 Å². The Bertz CT molecular complexity index is 449. The van der Waals surface area contributed by atoms with E-state index in [2.05, 4.69) is 6.92 Å². The summed E-state index contributed by atoms with van der Waals surface area (Å²) in [6.45, 7) is 5.57. The van der Waals surface area contributed by atoms with Crippen LogP contribution in [0.3, 0.4) is 0 Å². The average Bonchev–Trinajstić information content (AvgIpc) is 2.96. The summed E-state index contributed by atoms with van der Waals surface area (Å²) >= 11 is 0. The number of ether oxygens (including phenoxy) is 5. The van der Waals surface area contributed by atoms with E-state index in [4.69, 9.17) is 23.7 Å². The predicted octanol–water partition coefficient (Wildman–Crippen LogP) is 2.47. The molecule has 1 aromatic rings. The number of hydrogen-bond acceptors (Lipinski definition) is 6. The van der Waals surface area contributed by atoms with Crippen molar-refractivity contribution in [2.75, 3.05) is 39.8 Å². The van der Waals surface area contributed by atoms with Crippen LogP contribution < -0.4 is 9.47 Å². The van der Waals surface area contributed by atoms with Gasteiger partial charge in [-0.1, -0.05) is 13.3 Å². The molecule has 1 aromatic carbocycles. The van der Waals surface area contributed by atoms with Gasteiger partial charge < -0.3 is 28.8 Å². The number of aromatic hydroxyl groups is 1. The van der Waals surface area contributed by atoms with Gasteiger partial charge in [-0.15, -0.1) is 0 Å². The van der Waals surface area contributed by atoms with Crippen LogP contribution in [0.15, 0.2) is 12.1 Å². The van der Waals surface area contributed by atoms with E-state index in [1.165, 1.54) is 0 Å². The highest BCUT2D eigenvalue weighted by molar-refractivity contribution is 5.50. The number of rotatable bonds is 11. The van der Waals surface area contributed by atoms with E-state index >= 15 is 0 Å². The summed E-state index contributed by atoms with van der Waals surface area (Å²) in [5.41, 5.74) is 0.673. The normalized spacial score (nSPS) is 12.8. The van der Waals surface area contributed by atoms with Gasteiger partial charge in [0.25, 0.3) is 0 Å². The van der Waals surface area contributed by atoms with Crippen LogP contribution in [0, 0.1) is 0 Å². The highest BCUT2D eigenvalue weighted by Gasteiger charge is 2.16. The molecule has 0 saturated heterocycles. The van der Waals surface area contributed by atoms with Gasteiger partial charge in [-0.2, -0.15) is 0 Å². The molecule has 1 N–H and O–H groups in total. The van der Waals surface area contributed by atoms with Crippen LogP contribution in [-0.4, -0.2) is 44.9 Å². The second-order valence-electron chi connectivity index (χ2n) is 4.97. The van der Waals surface area contributed by atoms with E-state index in [-0.39, 0.29) is 12.5 Å². The molecular weight excluding hydrogens is 288 g/mol. The lowest BCUT2D eigenvalue weighted by Crippen LogP contribution is -2.09. The zero-order valence-electron chi connectivity index (χ0n) is 13.0. The quantitative estimate of drug-likeness (QED) is 0.633. The van der Waals surface area contributed by atoms with Gasteiger partial charge in [0.2, 0.25) is 6.79 Å². The molecule has 22 heavy (non-hydrogen) atoms. The van der Waals surface area contributed by atoms with Gasteiger partial charge in [0.1, 0.15) is 5.75 Å². The van der Waals surface area contributed by atoms with Crippen LogP contribution in [0.2, 0.25) is 0 Å². The summed E-state index contributed by atoms with van der Waals surface area (Å²) in [7, 11) is 0. The molecule has 1 heterocycles. The molecule has 0 bridgehead atoms. The van der Waals surface area contributed by atoms with E-state index < -0.39 is 0 Å². The summed E-state index contributed by atoms with van der Waals surface area (Å²) in [6.07, 6.45) is 2.23. The largest absolute Gasteiger partial charge is 0.507 e. The van der Waals surface area contributed by atoms with Crippen molar-refractivity contribution in [2.24, 2.45) is 0 Å². The molecule has 6 heteroatoms. The Balaban J connectivity index is 1.54. The zero-order chi connectivity index (χ0) is 15.6. The van der Waals surface area contributed by atoms with Crippen LogP contribution in [0.25, 0.3) is 0 Å². The first-order valence-corrected chi connectivity index (χ1v) is 7.66. The number of phenols is 1. The topological polar surface area (TPSA) is 66.4 Å². The maximum absolute atomic E-state index is 9.85. The molecule has 2 rings (SSSR count). The van der Waals surface area contributed by atoms with Crippen molar-refractivity contribution in [1.29, 1.82) is 0 Å². The van der Waals surface area contributed by atoms with Crippen molar-refractivity contribution in [3.05, 3.63) is 17.7 Å². The van der Waals surface area contributed by atoms with Gasteiger partial charge in [-0.3, -0.25) is 0 Å². The maximum Gasteiger partial charge on any atom is 0.231 e. The number of fused-ring (bicyclic) bond motifs is 1. The molecule has 6 nitrogen and oxygen atoms in total. The Kier molecular flexibility index (Phi) is 7.28. The smallest absolute Gasteiger partial charge is 0.231 e. The lowest BCUT2D eigenvalue weighted by molar-refractivity contribution is 0.00991. The van der Waals surface area contributed by atoms with Crippen LogP contribution in [0.1, 0.15) is 25.3 Å². The SMILES string of the molecule is CCCCOCCOCCOCc1cc2c(cc1O)OCO2. The Hall–Kier alpha value is -1.50. The highest BCUT2D eigenvalue weighted by Crippen LogP contribution is 2.37. The Morgan fingerprint density at radius 3 is 2.32 bits per heavy atom. The van der Waals surface area contributed by atoms with E-state index in [1.807, 2.05) is 0 Å². The van der Waals surface area contributed by atoms with Gasteiger partial charge in [0.15, 0.2) is 11.5 Å². The van der Waals surface area contributed by atoms with Gasteiger partial charge in [0, 0.05) is 18.2 Å². The van der Waals surface area contributed by atoms with Crippen molar-refractivity contribution < 1.29 is 28.8 Å². The second-order valence-corrected chi connectivity index (χ2v) is 4.97. The molecule has 0 aliphatic carbocycles. The first-order valence-electron chi connectivity index (χ1n) is 7.66. The number of unbranched alkanes of at least 4 members (excludes halogenated alkanes) is 1. The van der Waals surface area contributed by atoms with Gasteiger partial charge in [0.05, 0.1) is 33.0 Å². The minimum absolute atomic E-state index is 0.148. The molecule has 0 atom stereocenters. The third kappa shape index (κ3) is 5.36. The highest BCUT2D eigenvalue weighted by atomic mass is 16.7. The van der Waals surface area contributed by atoms with E-state index in [9.17, 15) is 5.11 Å². The summed E-state index contributed by atoms with van der Waals surface area (Å²) in [5.74, 6) is 1.35. The van der Waals surface area contributed by atoms with E-state index in [0.717, 1.165) is 19.4 Å². The number of benzene rings is 1. The molecule has 1 aliphatic rings. The van der Waals surface area contributed by atoms with Crippen LogP contribution in [-0.2, 0) is 20.8 Å². The van der Waals surface area contributed by atoms with Crippen molar-refractivity contribution >= 4 is 0 Å². The van der Waals surface area contributed by atoms with Crippen molar-refractivity contribution in [1.82, 2.24) is 0 Å². The van der Waals surface area contributed by atoms with Gasteiger partial charge in [-0.25, -0.2) is 0 Å². The zero-order valence-corrected chi connectivity index (χ0v) is 13.0. The molecule has 0 saturated carbocycles. The lowest BCUT2D eigenvalue weighted by atomic mass is 10.2. The van der Waals surface area contributed by atoms with Crippen molar-refractivity contribution in [2.45, 2.75) is 26.4 Å². The lowest BCUT2D eigenvalue weighted by Gasteiger charge is -2.08. The standard InChI is InChI=1S/C16H24O6/c1-2-3-4-18-5-6-19-7-8-20-11-13-9-15-16(10-14(13)17)22-12-21-15/h9-10,17H,2-8,11-12H2,1H3. The van der Waals surface area contributed by atoms with E-state index in [1.54, 1.807) is 12.1 Å². The Labute approximate surface area is 130 Å². The summed E-state index contributed by atoms with van der Waals surface area (Å²) < 4.78 is 26.7. The fourth-order valence-corrected chi connectivity index (χ4v) is 1.96. The minimum atomic E-state index is 0.148. The minimum Gasteiger partial charge on any atom is -0.507 e. The molecule has 0 radical (unpaired) electrons. The summed E-state index contributed by atoms with van der Waals surface area (Å²) in [6, 6.07) is 3.28. The number of phenolic OH excluding ortho intramolecular Hbond substituents is 1. The van der Waals surface area contributed by atoms with Gasteiger partial charge in [-0.05, 0) is 12.5 Å². The average molecular weight is 312 g/mol. The van der Waals surface area contributed by atoms with Crippen LogP contribution in [0.4, 0.5) is 0 Å². The third-order valence-corrected chi connectivity index (χ3v) is 3.22. The maximum atomic E-state index is 9.85. The first kappa shape index (κ1) is 16.9. The van der Waals surface area contributed by atoms with Crippen molar-refractivity contribution in [3.8, 4) is 17.2 Å². The Morgan fingerprint density at radius 1 is 0.955 bits per heavy atom. The second kappa shape index (κ2) is 9.50.